The number of piperazine rings is 1. The Morgan fingerprint density at radius 1 is 0.973 bits per heavy atom. The van der Waals surface area contributed by atoms with Crippen LogP contribution < -0.4 is 10.6 Å². The first-order chi connectivity index (χ1) is 17.7. The molecule has 1 saturated heterocycles. The van der Waals surface area contributed by atoms with Gasteiger partial charge in [-0.1, -0.05) is 0 Å². The van der Waals surface area contributed by atoms with Crippen LogP contribution in [-0.2, 0) is 0 Å². The third kappa shape index (κ3) is 4.59. The molecular weight excluding hydrogens is 484 g/mol. The molecule has 0 spiro atoms. The predicted molar refractivity (Wildman–Crippen MR) is 130 cm³/mol. The van der Waals surface area contributed by atoms with Crippen LogP contribution in [0.4, 0.5) is 19.4 Å². The number of nitrogens with two attached hydrogens (primary N) is 1. The molecule has 3 amide bonds. The summed E-state index contributed by atoms with van der Waals surface area (Å²) >= 11 is 0. The lowest BCUT2D eigenvalue weighted by molar-refractivity contribution is 0.0999. The van der Waals surface area contributed by atoms with Gasteiger partial charge in [0.2, 0.25) is 0 Å². The van der Waals surface area contributed by atoms with Crippen molar-refractivity contribution < 1.29 is 18.4 Å². The van der Waals surface area contributed by atoms with Crippen molar-refractivity contribution in [2.45, 2.75) is 26.3 Å². The van der Waals surface area contributed by atoms with Gasteiger partial charge in [0, 0.05) is 50.9 Å². The number of primary amides is 1. The van der Waals surface area contributed by atoms with Crippen LogP contribution in [0.15, 0.2) is 35.7 Å². The zero-order valence-electron chi connectivity index (χ0n) is 20.3. The lowest BCUT2D eigenvalue weighted by Gasteiger charge is -2.37. The zero-order chi connectivity index (χ0) is 26.3. The van der Waals surface area contributed by atoms with Gasteiger partial charge in [0.05, 0.1) is 23.0 Å². The van der Waals surface area contributed by atoms with Crippen molar-refractivity contribution in [3.8, 4) is 5.82 Å². The van der Waals surface area contributed by atoms with Gasteiger partial charge in [-0.2, -0.15) is 10.2 Å². The van der Waals surface area contributed by atoms with Gasteiger partial charge in [0.15, 0.2) is 5.82 Å². The molecule has 37 heavy (non-hydrogen) atoms. The summed E-state index contributed by atoms with van der Waals surface area (Å²) in [5, 5.41) is 9.86. The third-order valence-corrected chi connectivity index (χ3v) is 6.56. The van der Waals surface area contributed by atoms with Crippen LogP contribution in [0, 0.1) is 25.5 Å². The molecule has 0 radical (unpaired) electrons. The van der Waals surface area contributed by atoms with Crippen molar-refractivity contribution in [1.82, 2.24) is 29.7 Å². The number of rotatable bonds is 4. The Bertz CT molecular complexity index is 1380. The second-order valence-electron chi connectivity index (χ2n) is 8.91. The number of hydrazone groups is 1. The Hall–Kier alpha value is -4.42. The van der Waals surface area contributed by atoms with E-state index in [1.165, 1.54) is 23.5 Å². The fourth-order valence-electron chi connectivity index (χ4n) is 4.76. The van der Waals surface area contributed by atoms with Crippen molar-refractivity contribution in [3.05, 3.63) is 64.7 Å². The lowest BCUT2D eigenvalue weighted by Crippen LogP contribution is -2.52. The van der Waals surface area contributed by atoms with Crippen molar-refractivity contribution in [3.63, 3.8) is 0 Å². The third-order valence-electron chi connectivity index (χ3n) is 6.56. The molecule has 0 aliphatic carbocycles. The van der Waals surface area contributed by atoms with Crippen molar-refractivity contribution in [2.75, 3.05) is 31.1 Å². The number of amides is 3. The Labute approximate surface area is 211 Å². The van der Waals surface area contributed by atoms with Gasteiger partial charge in [-0.3, -0.25) is 4.79 Å². The molecule has 2 N–H and O–H groups in total. The van der Waals surface area contributed by atoms with Crippen LogP contribution in [0.1, 0.15) is 39.8 Å². The van der Waals surface area contributed by atoms with E-state index in [0.29, 0.717) is 66.8 Å². The maximum atomic E-state index is 13.7. The fourth-order valence-corrected chi connectivity index (χ4v) is 4.76. The van der Waals surface area contributed by atoms with Gasteiger partial charge in [-0.05, 0) is 31.5 Å². The molecule has 3 aromatic rings. The molecule has 1 aromatic carbocycles. The van der Waals surface area contributed by atoms with Crippen LogP contribution >= 0.6 is 0 Å². The van der Waals surface area contributed by atoms with Gasteiger partial charge in [-0.25, -0.2) is 33.2 Å². The van der Waals surface area contributed by atoms with Crippen molar-refractivity contribution in [1.29, 1.82) is 0 Å². The monoisotopic (exact) mass is 509 g/mol. The standard InChI is InChI=1S/C24H25F2N9O2/c1-14-22(23(27)36)15(2)34(31-14)21-12-20(28-13-29-21)32-5-7-33(8-6-32)24(37)35-19(3-4-30-35)16-9-17(25)11-18(26)10-16/h4,9-13,19H,3,5-8H2,1-2H3,(H2,27,36). The summed E-state index contributed by atoms with van der Waals surface area (Å²) in [7, 11) is 0. The highest BCUT2D eigenvalue weighted by molar-refractivity contribution is 5.95. The summed E-state index contributed by atoms with van der Waals surface area (Å²) < 4.78 is 29.1. The number of hydrogen-bond acceptors (Lipinski definition) is 7. The number of benzene rings is 1. The Morgan fingerprint density at radius 3 is 2.30 bits per heavy atom. The highest BCUT2D eigenvalue weighted by Crippen LogP contribution is 2.30. The molecule has 2 aliphatic rings. The molecular formula is C24H25F2N9O2. The van der Waals surface area contributed by atoms with E-state index in [-0.39, 0.29) is 6.03 Å². The summed E-state index contributed by atoms with van der Waals surface area (Å²) in [5.41, 5.74) is 7.30. The first-order valence-corrected chi connectivity index (χ1v) is 11.7. The average molecular weight is 510 g/mol. The molecule has 11 nitrogen and oxygen atoms in total. The molecule has 1 atom stereocenters. The number of aromatic nitrogens is 4. The summed E-state index contributed by atoms with van der Waals surface area (Å²) in [5.74, 6) is -0.800. The van der Waals surface area contributed by atoms with E-state index in [9.17, 15) is 18.4 Å². The minimum atomic E-state index is -0.696. The van der Waals surface area contributed by atoms with Gasteiger partial charge >= 0.3 is 6.03 Å². The molecule has 2 aromatic heterocycles. The second kappa shape index (κ2) is 9.56. The SMILES string of the molecule is Cc1nn(-c2cc(N3CCN(C(=O)N4N=CCC4c4cc(F)cc(F)c4)CC3)ncn2)c(C)c1C(N)=O. The van der Waals surface area contributed by atoms with E-state index < -0.39 is 23.6 Å². The number of carbonyl (C=O) groups excluding carboxylic acids is 2. The molecule has 0 bridgehead atoms. The molecule has 13 heteroatoms. The van der Waals surface area contributed by atoms with E-state index in [0.717, 1.165) is 6.07 Å². The van der Waals surface area contributed by atoms with Crippen LogP contribution in [-0.4, -0.2) is 74.0 Å². The predicted octanol–water partition coefficient (Wildman–Crippen LogP) is 2.33. The summed E-state index contributed by atoms with van der Waals surface area (Å²) in [6.45, 7) is 5.27. The summed E-state index contributed by atoms with van der Waals surface area (Å²) in [4.78, 5) is 37.3. The smallest absolute Gasteiger partial charge is 0.341 e. The zero-order valence-corrected chi connectivity index (χ0v) is 20.3. The largest absolute Gasteiger partial charge is 0.365 e. The van der Waals surface area contributed by atoms with Crippen LogP contribution in [0.3, 0.4) is 0 Å². The number of hydrogen-bond donors (Lipinski definition) is 1. The van der Waals surface area contributed by atoms with Gasteiger partial charge < -0.3 is 15.5 Å². The lowest BCUT2D eigenvalue weighted by atomic mass is 10.0. The van der Waals surface area contributed by atoms with E-state index in [1.807, 2.05) is 4.90 Å². The molecule has 5 rings (SSSR count). The molecule has 2 aliphatic heterocycles. The number of anilines is 1. The number of nitrogens with zero attached hydrogens (tertiary/aromatic N) is 8. The number of halogens is 2. The Morgan fingerprint density at radius 2 is 1.65 bits per heavy atom. The van der Waals surface area contributed by atoms with Gasteiger partial charge in [0.25, 0.3) is 5.91 Å². The quantitative estimate of drug-likeness (QED) is 0.575. The van der Waals surface area contributed by atoms with Crippen LogP contribution in [0.5, 0.6) is 0 Å². The minimum Gasteiger partial charge on any atom is -0.365 e. The fraction of sp³-hybridized carbons (Fsp3) is 0.333. The first-order valence-electron chi connectivity index (χ1n) is 11.7. The number of aryl methyl sites for hydroxylation is 1. The summed E-state index contributed by atoms with van der Waals surface area (Å²) in [6, 6.07) is 4.13. The first kappa shape index (κ1) is 24.3. The normalized spacial score (nSPS) is 17.5. The van der Waals surface area contributed by atoms with Crippen molar-refractivity contribution >= 4 is 24.0 Å². The Kier molecular flexibility index (Phi) is 6.27. The Balaban J connectivity index is 1.28. The topological polar surface area (TPSA) is 126 Å². The van der Waals surface area contributed by atoms with E-state index in [1.54, 1.807) is 35.7 Å². The molecule has 1 unspecified atom stereocenters. The second-order valence-corrected chi connectivity index (χ2v) is 8.91. The molecule has 192 valence electrons. The van der Waals surface area contributed by atoms with E-state index >= 15 is 0 Å². The summed E-state index contributed by atoms with van der Waals surface area (Å²) in [6.07, 6.45) is 3.37. The molecule has 4 heterocycles. The number of urea groups is 1. The van der Waals surface area contributed by atoms with Gasteiger partial charge in [0.1, 0.15) is 23.8 Å². The molecule has 1 fully saturated rings. The molecule has 0 saturated carbocycles. The maximum Gasteiger partial charge on any atom is 0.341 e. The highest BCUT2D eigenvalue weighted by Gasteiger charge is 2.33. The van der Waals surface area contributed by atoms with E-state index in [4.69, 9.17) is 5.73 Å². The van der Waals surface area contributed by atoms with Crippen LogP contribution in [0.2, 0.25) is 0 Å². The average Bonchev–Trinajstić information content (AvgIpc) is 3.47. The van der Waals surface area contributed by atoms with Crippen molar-refractivity contribution in [2.24, 2.45) is 10.8 Å². The van der Waals surface area contributed by atoms with Gasteiger partial charge in [-0.15, -0.1) is 0 Å². The van der Waals surface area contributed by atoms with Crippen LogP contribution in [0.25, 0.3) is 5.82 Å². The maximum absolute atomic E-state index is 13.7. The van der Waals surface area contributed by atoms with E-state index in [2.05, 4.69) is 20.2 Å². The highest BCUT2D eigenvalue weighted by atomic mass is 19.1. The number of carbonyl (C=O) groups is 2. The minimum absolute atomic E-state index is 0.326.